The molecule has 45 heavy (non-hydrogen) atoms. The number of amides is 1. The molecule has 13 heteroatoms. The molecular formula is C32H33F3N8O2. The van der Waals surface area contributed by atoms with Crippen molar-refractivity contribution in [1.29, 1.82) is 0 Å². The topological polar surface area (TPSA) is 91.1 Å². The average Bonchev–Trinajstić information content (AvgIpc) is 3.68. The Bertz CT molecular complexity index is 1750. The number of halogens is 3. The zero-order chi connectivity index (χ0) is 31.6. The molecule has 3 aromatic heterocycles. The smallest absolute Gasteiger partial charge is 0.380 e. The van der Waals surface area contributed by atoms with Crippen molar-refractivity contribution in [3.63, 3.8) is 0 Å². The van der Waals surface area contributed by atoms with Crippen molar-refractivity contribution in [2.75, 3.05) is 63.6 Å². The number of ether oxygens (including phenoxy) is 1. The maximum Gasteiger partial charge on any atom is 0.416 e. The summed E-state index contributed by atoms with van der Waals surface area (Å²) in [7, 11) is 3.70. The molecule has 1 N–H and O–H groups in total. The highest BCUT2D eigenvalue weighted by atomic mass is 19.4. The number of anilines is 2. The van der Waals surface area contributed by atoms with E-state index in [2.05, 4.69) is 36.9 Å². The van der Waals surface area contributed by atoms with Gasteiger partial charge in [-0.05, 0) is 55.3 Å². The monoisotopic (exact) mass is 618 g/mol. The summed E-state index contributed by atoms with van der Waals surface area (Å²) < 4.78 is 49.1. The van der Waals surface area contributed by atoms with Crippen LogP contribution >= 0.6 is 0 Å². The molecule has 1 atom stereocenters. The first kappa shape index (κ1) is 30.5. The third-order valence-corrected chi connectivity index (χ3v) is 8.15. The van der Waals surface area contributed by atoms with Gasteiger partial charge < -0.3 is 19.9 Å². The van der Waals surface area contributed by atoms with Gasteiger partial charge in [-0.25, -0.2) is 9.50 Å². The quantitative estimate of drug-likeness (QED) is 0.327. The lowest BCUT2D eigenvalue weighted by Crippen LogP contribution is -2.44. The van der Waals surface area contributed by atoms with Crippen molar-refractivity contribution in [1.82, 2.24) is 29.4 Å². The molecule has 2 aliphatic heterocycles. The van der Waals surface area contributed by atoms with Gasteiger partial charge in [0.25, 0.3) is 5.91 Å². The molecule has 5 heterocycles. The van der Waals surface area contributed by atoms with Crippen LogP contribution in [0.2, 0.25) is 0 Å². The standard InChI is InChI=1S/C32H33F3N8O2/c1-40-11-13-41(14-12-40)20-23-4-5-25(16-28(23)32(33,34)35)38-31(44)24-15-22(17-36-18-24)3-6-26-19-37-29-7-8-30(39-43(26)29)42-10-9-27(21-42)45-2/h4-5,7-8,15-19,27H,9-14,20-21H2,1-2H3,(H,38,44)/t27-/m0/s1. The van der Waals surface area contributed by atoms with Crippen LogP contribution in [-0.2, 0) is 17.5 Å². The van der Waals surface area contributed by atoms with E-state index in [1.165, 1.54) is 24.5 Å². The number of alkyl halides is 3. The van der Waals surface area contributed by atoms with Crippen molar-refractivity contribution in [3.8, 4) is 11.8 Å². The van der Waals surface area contributed by atoms with E-state index >= 15 is 0 Å². The number of carbonyl (C=O) groups is 1. The van der Waals surface area contributed by atoms with Crippen molar-refractivity contribution in [2.45, 2.75) is 25.2 Å². The minimum absolute atomic E-state index is 0.0494. The molecule has 0 bridgehead atoms. The molecular weight excluding hydrogens is 585 g/mol. The van der Waals surface area contributed by atoms with E-state index in [1.807, 2.05) is 24.1 Å². The predicted octanol–water partition coefficient (Wildman–Crippen LogP) is 3.77. The summed E-state index contributed by atoms with van der Waals surface area (Å²) in [6.07, 6.45) is 1.01. The van der Waals surface area contributed by atoms with Crippen LogP contribution in [0.25, 0.3) is 5.65 Å². The van der Waals surface area contributed by atoms with Gasteiger partial charge in [0.15, 0.2) is 5.65 Å². The van der Waals surface area contributed by atoms with Gasteiger partial charge in [-0.3, -0.25) is 14.7 Å². The lowest BCUT2D eigenvalue weighted by atomic mass is 10.0. The van der Waals surface area contributed by atoms with Gasteiger partial charge >= 0.3 is 6.18 Å². The molecule has 2 saturated heterocycles. The minimum Gasteiger partial charge on any atom is -0.380 e. The number of likely N-dealkylation sites (N-methyl/N-ethyl adjacent to an activating group) is 1. The molecule has 0 saturated carbocycles. The van der Waals surface area contributed by atoms with Gasteiger partial charge in [-0.15, -0.1) is 5.10 Å². The fourth-order valence-corrected chi connectivity index (χ4v) is 5.52. The average molecular weight is 619 g/mol. The fourth-order valence-electron chi connectivity index (χ4n) is 5.52. The summed E-state index contributed by atoms with van der Waals surface area (Å²) in [5.74, 6) is 6.25. The molecule has 6 rings (SSSR count). The Balaban J connectivity index is 1.17. The van der Waals surface area contributed by atoms with Crippen LogP contribution in [0.4, 0.5) is 24.7 Å². The number of carbonyl (C=O) groups excluding carboxylic acids is 1. The maximum atomic E-state index is 14.0. The molecule has 1 aromatic carbocycles. The highest BCUT2D eigenvalue weighted by Gasteiger charge is 2.34. The summed E-state index contributed by atoms with van der Waals surface area (Å²) in [6, 6.07) is 9.26. The van der Waals surface area contributed by atoms with E-state index < -0.39 is 17.6 Å². The Morgan fingerprint density at radius 2 is 1.87 bits per heavy atom. The highest BCUT2D eigenvalue weighted by molar-refractivity contribution is 6.04. The Morgan fingerprint density at radius 3 is 2.62 bits per heavy atom. The van der Waals surface area contributed by atoms with Gasteiger partial charge in [0.2, 0.25) is 0 Å². The molecule has 1 amide bonds. The zero-order valence-corrected chi connectivity index (χ0v) is 25.0. The number of fused-ring (bicyclic) bond motifs is 1. The Kier molecular flexibility index (Phi) is 8.71. The van der Waals surface area contributed by atoms with E-state index in [4.69, 9.17) is 9.84 Å². The number of piperazine rings is 1. The van der Waals surface area contributed by atoms with Crippen LogP contribution in [0.5, 0.6) is 0 Å². The van der Waals surface area contributed by atoms with E-state index in [9.17, 15) is 18.0 Å². The predicted molar refractivity (Wildman–Crippen MR) is 163 cm³/mol. The van der Waals surface area contributed by atoms with Crippen molar-refractivity contribution in [2.24, 2.45) is 0 Å². The fraction of sp³-hybridized carbons (Fsp3) is 0.375. The van der Waals surface area contributed by atoms with Gasteiger partial charge in [0.05, 0.1) is 23.4 Å². The molecule has 0 aliphatic carbocycles. The van der Waals surface area contributed by atoms with Gasteiger partial charge in [0, 0.05) is 76.6 Å². The number of nitrogens with one attached hydrogen (secondary N) is 1. The first-order chi connectivity index (χ1) is 21.7. The van der Waals surface area contributed by atoms with Crippen LogP contribution in [-0.4, -0.2) is 94.8 Å². The Hall–Kier alpha value is -4.51. The molecule has 0 unspecified atom stereocenters. The van der Waals surface area contributed by atoms with E-state index in [0.29, 0.717) is 30.0 Å². The zero-order valence-electron chi connectivity index (χ0n) is 25.0. The summed E-state index contributed by atoms with van der Waals surface area (Å²) in [4.78, 5) is 27.9. The van der Waals surface area contributed by atoms with Crippen LogP contribution in [0.3, 0.4) is 0 Å². The third kappa shape index (κ3) is 7.09. The number of methoxy groups -OCH3 is 1. The lowest BCUT2D eigenvalue weighted by Gasteiger charge is -2.33. The van der Waals surface area contributed by atoms with Crippen LogP contribution in [0, 0.1) is 11.8 Å². The van der Waals surface area contributed by atoms with Gasteiger partial charge in [-0.1, -0.05) is 12.0 Å². The first-order valence-corrected chi connectivity index (χ1v) is 14.7. The molecule has 2 fully saturated rings. The molecule has 10 nitrogen and oxygen atoms in total. The molecule has 0 radical (unpaired) electrons. The van der Waals surface area contributed by atoms with Crippen molar-refractivity contribution in [3.05, 3.63) is 82.9 Å². The number of hydrogen-bond donors (Lipinski definition) is 1. The lowest BCUT2D eigenvalue weighted by molar-refractivity contribution is -0.138. The number of pyridine rings is 1. The second-order valence-electron chi connectivity index (χ2n) is 11.3. The van der Waals surface area contributed by atoms with Gasteiger partial charge in [-0.2, -0.15) is 13.2 Å². The van der Waals surface area contributed by atoms with Gasteiger partial charge in [0.1, 0.15) is 11.5 Å². The third-order valence-electron chi connectivity index (χ3n) is 8.15. The largest absolute Gasteiger partial charge is 0.416 e. The normalized spacial score (nSPS) is 17.8. The molecule has 0 spiro atoms. The summed E-state index contributed by atoms with van der Waals surface area (Å²) in [5, 5.41) is 7.30. The van der Waals surface area contributed by atoms with E-state index in [-0.39, 0.29) is 29.5 Å². The van der Waals surface area contributed by atoms with Crippen LogP contribution < -0.4 is 10.2 Å². The number of aromatic nitrogens is 4. The Labute approximate surface area is 258 Å². The van der Waals surface area contributed by atoms with Crippen molar-refractivity contribution < 1.29 is 22.7 Å². The maximum absolute atomic E-state index is 14.0. The molecule has 4 aromatic rings. The highest BCUT2D eigenvalue weighted by Crippen LogP contribution is 2.34. The molecule has 234 valence electrons. The number of hydrogen-bond acceptors (Lipinski definition) is 8. The number of benzene rings is 1. The Morgan fingerprint density at radius 1 is 1.04 bits per heavy atom. The van der Waals surface area contributed by atoms with E-state index in [1.54, 1.807) is 23.9 Å². The van der Waals surface area contributed by atoms with Crippen molar-refractivity contribution >= 4 is 23.1 Å². The first-order valence-electron chi connectivity index (χ1n) is 14.7. The number of nitrogens with zero attached hydrogens (tertiary/aromatic N) is 7. The molecule has 2 aliphatic rings. The van der Waals surface area contributed by atoms with Crippen LogP contribution in [0.1, 0.15) is 39.2 Å². The summed E-state index contributed by atoms with van der Waals surface area (Å²) in [5.41, 5.74) is 1.29. The number of rotatable bonds is 6. The second kappa shape index (κ2) is 12.8. The number of imidazole rings is 1. The second-order valence-corrected chi connectivity index (χ2v) is 11.3. The van der Waals surface area contributed by atoms with Crippen LogP contribution in [0.15, 0.2) is 55.0 Å². The summed E-state index contributed by atoms with van der Waals surface area (Å²) >= 11 is 0. The summed E-state index contributed by atoms with van der Waals surface area (Å²) in [6.45, 7) is 4.78. The SMILES string of the molecule is CO[C@H]1CCN(c2ccc3ncc(C#Cc4cncc(C(=O)Nc5ccc(CN6CCN(C)CC6)c(C(F)(F)F)c5)c4)n3n2)C1. The minimum atomic E-state index is -4.56. The van der Waals surface area contributed by atoms with E-state index in [0.717, 1.165) is 44.5 Å².